The predicted molar refractivity (Wildman–Crippen MR) is 72.2 cm³/mol. The van der Waals surface area contributed by atoms with E-state index in [0.717, 1.165) is 58.5 Å². The summed E-state index contributed by atoms with van der Waals surface area (Å²) in [6.07, 6.45) is 3.81. The van der Waals surface area contributed by atoms with Gasteiger partial charge in [-0.3, -0.25) is 4.90 Å². The summed E-state index contributed by atoms with van der Waals surface area (Å²) in [7, 11) is 0. The van der Waals surface area contributed by atoms with Gasteiger partial charge in [-0.1, -0.05) is 0 Å². The first kappa shape index (κ1) is 13.8. The number of hydrogen-bond donors (Lipinski definition) is 2. The Labute approximate surface area is 115 Å². The zero-order valence-corrected chi connectivity index (χ0v) is 11.6. The average molecular weight is 270 g/mol. The van der Waals surface area contributed by atoms with Crippen LogP contribution in [0.5, 0.6) is 0 Å². The van der Waals surface area contributed by atoms with Crippen LogP contribution >= 0.6 is 0 Å². The third-order valence-corrected chi connectivity index (χ3v) is 4.51. The molecular weight excluding hydrogens is 244 g/mol. The number of aliphatic hydroxyl groups excluding tert-OH is 1. The van der Waals surface area contributed by atoms with Crippen LogP contribution in [-0.2, 0) is 9.47 Å². The van der Waals surface area contributed by atoms with Crippen molar-refractivity contribution in [3.05, 3.63) is 0 Å². The molecule has 0 spiro atoms. The molecule has 2 heterocycles. The molecule has 1 aliphatic carbocycles. The zero-order valence-electron chi connectivity index (χ0n) is 11.6. The molecule has 2 aliphatic heterocycles. The summed E-state index contributed by atoms with van der Waals surface area (Å²) >= 11 is 0. The minimum absolute atomic E-state index is 0.00971. The fourth-order valence-corrected chi connectivity index (χ4v) is 3.13. The highest BCUT2D eigenvalue weighted by molar-refractivity contribution is 4.92. The Balaban J connectivity index is 1.53. The molecule has 3 aliphatic rings. The number of hydrogen-bond acceptors (Lipinski definition) is 5. The predicted octanol–water partition coefficient (Wildman–Crippen LogP) is -0.162. The molecule has 2 N–H and O–H groups in total. The van der Waals surface area contributed by atoms with Crippen LogP contribution in [0.3, 0.4) is 0 Å². The Morgan fingerprint density at radius 2 is 2.21 bits per heavy atom. The molecule has 5 heteroatoms. The molecule has 0 aromatic carbocycles. The summed E-state index contributed by atoms with van der Waals surface area (Å²) in [4.78, 5) is 2.44. The molecule has 3 rings (SSSR count). The van der Waals surface area contributed by atoms with Gasteiger partial charge in [-0.05, 0) is 19.3 Å². The smallest absolute Gasteiger partial charge is 0.0932 e. The maximum Gasteiger partial charge on any atom is 0.0932 e. The quantitative estimate of drug-likeness (QED) is 0.702. The molecule has 110 valence electrons. The standard InChI is InChI=1S/C14H26N2O3/c17-8-13-7-16(4-6-19-13)10-14(3-5-18-11-14)9-15-12-1-2-12/h12-13,15,17H,1-11H2. The van der Waals surface area contributed by atoms with Gasteiger partial charge in [-0.2, -0.15) is 0 Å². The van der Waals surface area contributed by atoms with Gasteiger partial charge in [-0.15, -0.1) is 0 Å². The molecule has 3 fully saturated rings. The summed E-state index contributed by atoms with van der Waals surface area (Å²) in [6.45, 7) is 6.57. The highest BCUT2D eigenvalue weighted by Crippen LogP contribution is 2.31. The van der Waals surface area contributed by atoms with Crippen molar-refractivity contribution in [1.29, 1.82) is 0 Å². The van der Waals surface area contributed by atoms with E-state index in [4.69, 9.17) is 9.47 Å². The minimum atomic E-state index is -0.00971. The van der Waals surface area contributed by atoms with Gasteiger partial charge in [0.25, 0.3) is 0 Å². The summed E-state index contributed by atoms with van der Waals surface area (Å²) in [5, 5.41) is 12.9. The molecule has 5 nitrogen and oxygen atoms in total. The van der Waals surface area contributed by atoms with Crippen molar-refractivity contribution in [2.45, 2.75) is 31.4 Å². The normalized spacial score (nSPS) is 36.8. The van der Waals surface area contributed by atoms with Gasteiger partial charge in [0.2, 0.25) is 0 Å². The Morgan fingerprint density at radius 1 is 1.32 bits per heavy atom. The van der Waals surface area contributed by atoms with Crippen LogP contribution in [0.15, 0.2) is 0 Å². The third-order valence-electron chi connectivity index (χ3n) is 4.51. The van der Waals surface area contributed by atoms with Crippen molar-refractivity contribution in [1.82, 2.24) is 10.2 Å². The monoisotopic (exact) mass is 270 g/mol. The molecule has 0 aromatic rings. The van der Waals surface area contributed by atoms with E-state index in [1.165, 1.54) is 12.8 Å². The van der Waals surface area contributed by atoms with Crippen LogP contribution in [0.4, 0.5) is 0 Å². The van der Waals surface area contributed by atoms with Crippen molar-refractivity contribution in [2.75, 3.05) is 52.6 Å². The van der Waals surface area contributed by atoms with Crippen molar-refractivity contribution in [2.24, 2.45) is 5.41 Å². The third kappa shape index (κ3) is 3.67. The number of ether oxygens (including phenoxy) is 2. The Bertz CT molecular complexity index is 290. The maximum atomic E-state index is 9.23. The fraction of sp³-hybridized carbons (Fsp3) is 1.00. The van der Waals surface area contributed by atoms with Gasteiger partial charge in [0.1, 0.15) is 0 Å². The Kier molecular flexibility index (Phi) is 4.39. The first-order valence-electron chi connectivity index (χ1n) is 7.56. The van der Waals surface area contributed by atoms with Gasteiger partial charge >= 0.3 is 0 Å². The molecule has 19 heavy (non-hydrogen) atoms. The van der Waals surface area contributed by atoms with Crippen molar-refractivity contribution >= 4 is 0 Å². The van der Waals surface area contributed by atoms with Gasteiger partial charge in [0, 0.05) is 44.2 Å². The van der Waals surface area contributed by atoms with Crippen LogP contribution in [0.2, 0.25) is 0 Å². The second-order valence-corrected chi connectivity index (χ2v) is 6.37. The number of nitrogens with one attached hydrogen (secondary N) is 1. The van der Waals surface area contributed by atoms with Crippen LogP contribution in [-0.4, -0.2) is 74.8 Å². The van der Waals surface area contributed by atoms with Crippen LogP contribution in [0.1, 0.15) is 19.3 Å². The van der Waals surface area contributed by atoms with Gasteiger partial charge in [-0.25, -0.2) is 0 Å². The average Bonchev–Trinajstić information content (AvgIpc) is 3.17. The Hall–Kier alpha value is -0.200. The molecule has 0 aromatic heterocycles. The molecule has 0 amide bonds. The van der Waals surface area contributed by atoms with E-state index >= 15 is 0 Å². The van der Waals surface area contributed by atoms with Crippen LogP contribution in [0.25, 0.3) is 0 Å². The highest BCUT2D eigenvalue weighted by Gasteiger charge is 2.38. The molecule has 2 saturated heterocycles. The summed E-state index contributed by atoms with van der Waals surface area (Å²) in [5.41, 5.74) is 0.264. The van der Waals surface area contributed by atoms with Crippen LogP contribution < -0.4 is 5.32 Å². The largest absolute Gasteiger partial charge is 0.394 e. The molecule has 1 saturated carbocycles. The summed E-state index contributed by atoms with van der Waals surface area (Å²) in [6, 6.07) is 0.757. The maximum absolute atomic E-state index is 9.23. The van der Waals surface area contributed by atoms with E-state index in [1.807, 2.05) is 0 Å². The lowest BCUT2D eigenvalue weighted by atomic mass is 9.86. The van der Waals surface area contributed by atoms with E-state index in [-0.39, 0.29) is 18.1 Å². The molecule has 2 atom stereocenters. The first-order chi connectivity index (χ1) is 9.30. The van der Waals surface area contributed by atoms with E-state index in [1.54, 1.807) is 0 Å². The van der Waals surface area contributed by atoms with E-state index in [2.05, 4.69) is 10.2 Å². The number of morpholine rings is 1. The van der Waals surface area contributed by atoms with Crippen molar-refractivity contribution in [3.63, 3.8) is 0 Å². The highest BCUT2D eigenvalue weighted by atomic mass is 16.5. The lowest BCUT2D eigenvalue weighted by Gasteiger charge is -2.38. The zero-order chi connectivity index (χ0) is 13.1. The van der Waals surface area contributed by atoms with Crippen LogP contribution in [0, 0.1) is 5.41 Å². The number of nitrogens with zero attached hydrogens (tertiary/aromatic N) is 1. The van der Waals surface area contributed by atoms with E-state index < -0.39 is 0 Å². The fourth-order valence-electron chi connectivity index (χ4n) is 3.13. The molecule has 0 bridgehead atoms. The minimum Gasteiger partial charge on any atom is -0.394 e. The van der Waals surface area contributed by atoms with E-state index in [9.17, 15) is 5.11 Å². The van der Waals surface area contributed by atoms with Crippen molar-refractivity contribution < 1.29 is 14.6 Å². The lowest BCUT2D eigenvalue weighted by molar-refractivity contribution is -0.0630. The molecule has 2 unspecified atom stereocenters. The number of aliphatic hydroxyl groups is 1. The van der Waals surface area contributed by atoms with Gasteiger partial charge in [0.05, 0.1) is 25.9 Å². The van der Waals surface area contributed by atoms with Gasteiger partial charge < -0.3 is 19.9 Å². The summed E-state index contributed by atoms with van der Waals surface area (Å²) < 4.78 is 11.2. The van der Waals surface area contributed by atoms with E-state index in [0.29, 0.717) is 0 Å². The molecule has 0 radical (unpaired) electrons. The summed E-state index contributed by atoms with van der Waals surface area (Å²) in [5.74, 6) is 0. The Morgan fingerprint density at radius 3 is 2.89 bits per heavy atom. The van der Waals surface area contributed by atoms with Gasteiger partial charge in [0.15, 0.2) is 0 Å². The number of rotatable bonds is 6. The second kappa shape index (κ2) is 6.06. The second-order valence-electron chi connectivity index (χ2n) is 6.37. The topological polar surface area (TPSA) is 54.0 Å². The van der Waals surface area contributed by atoms with Crippen molar-refractivity contribution in [3.8, 4) is 0 Å². The molecular formula is C14H26N2O3. The SMILES string of the molecule is OCC1CN(CC2(CNC3CC3)CCOC2)CCO1. The lowest BCUT2D eigenvalue weighted by Crippen LogP contribution is -2.51. The first-order valence-corrected chi connectivity index (χ1v) is 7.56.